The molecule has 1 unspecified atom stereocenters. The first-order valence-corrected chi connectivity index (χ1v) is 6.46. The van der Waals surface area contributed by atoms with Crippen LogP contribution in [0.25, 0.3) is 0 Å². The standard InChI is InChI=1S/C11H17ClN2OS/c1-4-14(3)11(15)7-13-8(2)9-5-6-10(12)16-9/h5-6,8,13H,4,7H2,1-3H3. The second-order valence-electron chi connectivity index (χ2n) is 3.65. The number of halogens is 1. The predicted molar refractivity (Wildman–Crippen MR) is 69.1 cm³/mol. The van der Waals surface area contributed by atoms with Gasteiger partial charge in [0.25, 0.3) is 0 Å². The number of likely N-dealkylation sites (N-methyl/N-ethyl adjacent to an activating group) is 1. The molecule has 1 N–H and O–H groups in total. The Hall–Kier alpha value is -0.580. The van der Waals surface area contributed by atoms with Gasteiger partial charge < -0.3 is 10.2 Å². The van der Waals surface area contributed by atoms with Crippen molar-refractivity contribution < 1.29 is 4.79 Å². The lowest BCUT2D eigenvalue weighted by molar-refractivity contribution is -0.128. The fourth-order valence-electron chi connectivity index (χ4n) is 1.21. The molecule has 0 radical (unpaired) electrons. The van der Waals surface area contributed by atoms with Crippen LogP contribution in [-0.2, 0) is 4.79 Å². The van der Waals surface area contributed by atoms with Gasteiger partial charge in [-0.05, 0) is 26.0 Å². The molecule has 0 aromatic carbocycles. The topological polar surface area (TPSA) is 32.3 Å². The molecule has 0 bridgehead atoms. The molecular formula is C11H17ClN2OS. The number of rotatable bonds is 5. The molecular weight excluding hydrogens is 244 g/mol. The van der Waals surface area contributed by atoms with Crippen molar-refractivity contribution in [2.24, 2.45) is 0 Å². The molecule has 3 nitrogen and oxygen atoms in total. The maximum absolute atomic E-state index is 11.6. The summed E-state index contributed by atoms with van der Waals surface area (Å²) in [5.74, 6) is 0.108. The largest absolute Gasteiger partial charge is 0.345 e. The highest BCUT2D eigenvalue weighted by molar-refractivity contribution is 7.16. The first-order chi connectivity index (χ1) is 7.54. The summed E-state index contributed by atoms with van der Waals surface area (Å²) < 4.78 is 0.778. The van der Waals surface area contributed by atoms with Gasteiger partial charge in [-0.15, -0.1) is 11.3 Å². The maximum Gasteiger partial charge on any atom is 0.236 e. The molecule has 5 heteroatoms. The van der Waals surface area contributed by atoms with Crippen molar-refractivity contribution in [2.45, 2.75) is 19.9 Å². The van der Waals surface area contributed by atoms with E-state index < -0.39 is 0 Å². The Morgan fingerprint density at radius 2 is 2.31 bits per heavy atom. The Morgan fingerprint density at radius 3 is 2.81 bits per heavy atom. The monoisotopic (exact) mass is 260 g/mol. The van der Waals surface area contributed by atoms with E-state index in [1.807, 2.05) is 26.0 Å². The van der Waals surface area contributed by atoms with Crippen LogP contribution in [0.3, 0.4) is 0 Å². The minimum atomic E-state index is 0.108. The van der Waals surface area contributed by atoms with Crippen LogP contribution < -0.4 is 5.32 Å². The van der Waals surface area contributed by atoms with Crippen LogP contribution in [0.4, 0.5) is 0 Å². The van der Waals surface area contributed by atoms with Gasteiger partial charge in [-0.2, -0.15) is 0 Å². The zero-order chi connectivity index (χ0) is 12.1. The second kappa shape index (κ2) is 6.23. The molecule has 1 aromatic heterocycles. The number of nitrogens with one attached hydrogen (secondary N) is 1. The average molecular weight is 261 g/mol. The van der Waals surface area contributed by atoms with Crippen LogP contribution >= 0.6 is 22.9 Å². The summed E-state index contributed by atoms with van der Waals surface area (Å²) in [6, 6.07) is 4.02. The molecule has 0 aliphatic rings. The van der Waals surface area contributed by atoms with Crippen LogP contribution in [0.15, 0.2) is 12.1 Å². The van der Waals surface area contributed by atoms with E-state index in [0.717, 1.165) is 15.8 Å². The van der Waals surface area contributed by atoms with Crippen molar-refractivity contribution >= 4 is 28.8 Å². The van der Waals surface area contributed by atoms with E-state index in [4.69, 9.17) is 11.6 Å². The number of nitrogens with zero attached hydrogens (tertiary/aromatic N) is 1. The summed E-state index contributed by atoms with van der Waals surface area (Å²) in [5.41, 5.74) is 0. The maximum atomic E-state index is 11.6. The summed E-state index contributed by atoms with van der Waals surface area (Å²) in [4.78, 5) is 14.4. The van der Waals surface area contributed by atoms with Crippen LogP contribution in [-0.4, -0.2) is 30.9 Å². The Balaban J connectivity index is 2.41. The highest BCUT2D eigenvalue weighted by Gasteiger charge is 2.11. The van der Waals surface area contributed by atoms with Gasteiger partial charge in [0.15, 0.2) is 0 Å². The molecule has 0 saturated carbocycles. The fourth-order valence-corrected chi connectivity index (χ4v) is 2.30. The van der Waals surface area contributed by atoms with Crippen molar-refractivity contribution in [3.05, 3.63) is 21.3 Å². The molecule has 1 rings (SSSR count). The van der Waals surface area contributed by atoms with Crippen LogP contribution in [0, 0.1) is 0 Å². The number of carbonyl (C=O) groups is 1. The van der Waals surface area contributed by atoms with Gasteiger partial charge in [0.1, 0.15) is 0 Å². The van der Waals surface area contributed by atoms with E-state index in [-0.39, 0.29) is 11.9 Å². The Bertz CT molecular complexity index is 354. The van der Waals surface area contributed by atoms with Crippen LogP contribution in [0.1, 0.15) is 24.8 Å². The average Bonchev–Trinajstić information content (AvgIpc) is 2.71. The van der Waals surface area contributed by atoms with Crippen molar-refractivity contribution in [2.75, 3.05) is 20.1 Å². The summed E-state index contributed by atoms with van der Waals surface area (Å²) in [7, 11) is 1.80. The minimum absolute atomic E-state index is 0.108. The molecule has 0 saturated heterocycles. The summed E-state index contributed by atoms with van der Waals surface area (Å²) in [6.07, 6.45) is 0. The predicted octanol–water partition coefficient (Wildman–Crippen LogP) is 2.53. The second-order valence-corrected chi connectivity index (χ2v) is 5.40. The lowest BCUT2D eigenvalue weighted by Gasteiger charge is -2.17. The zero-order valence-electron chi connectivity index (χ0n) is 9.79. The third-order valence-corrected chi connectivity index (χ3v) is 3.89. The van der Waals surface area contributed by atoms with Gasteiger partial charge in [0, 0.05) is 24.5 Å². The molecule has 1 heterocycles. The number of carbonyl (C=O) groups excluding carboxylic acids is 1. The molecule has 0 spiro atoms. The molecule has 0 aliphatic carbocycles. The van der Waals surface area contributed by atoms with Crippen molar-refractivity contribution in [3.8, 4) is 0 Å². The molecule has 90 valence electrons. The highest BCUT2D eigenvalue weighted by atomic mass is 35.5. The summed E-state index contributed by atoms with van der Waals surface area (Å²) >= 11 is 7.40. The van der Waals surface area contributed by atoms with E-state index in [1.54, 1.807) is 11.9 Å². The lowest BCUT2D eigenvalue weighted by atomic mass is 10.3. The van der Waals surface area contributed by atoms with Gasteiger partial charge in [0.05, 0.1) is 10.9 Å². The summed E-state index contributed by atoms with van der Waals surface area (Å²) in [5, 5.41) is 3.19. The van der Waals surface area contributed by atoms with Gasteiger partial charge in [0.2, 0.25) is 5.91 Å². The normalized spacial score (nSPS) is 12.5. The van der Waals surface area contributed by atoms with E-state index in [2.05, 4.69) is 5.32 Å². The molecule has 1 aromatic rings. The Kier molecular flexibility index (Phi) is 5.25. The van der Waals surface area contributed by atoms with Gasteiger partial charge >= 0.3 is 0 Å². The third kappa shape index (κ3) is 3.77. The third-order valence-electron chi connectivity index (χ3n) is 2.48. The first kappa shape index (κ1) is 13.5. The number of thiophene rings is 1. The Morgan fingerprint density at radius 1 is 1.62 bits per heavy atom. The van der Waals surface area contributed by atoms with Crippen LogP contribution in [0.5, 0.6) is 0 Å². The number of amides is 1. The SMILES string of the molecule is CCN(C)C(=O)CNC(C)c1ccc(Cl)s1. The van der Waals surface area contributed by atoms with Gasteiger partial charge in [-0.25, -0.2) is 0 Å². The van der Waals surface area contributed by atoms with E-state index in [0.29, 0.717) is 6.54 Å². The van der Waals surface area contributed by atoms with Crippen molar-refractivity contribution in [1.82, 2.24) is 10.2 Å². The lowest BCUT2D eigenvalue weighted by Crippen LogP contribution is -2.36. The smallest absolute Gasteiger partial charge is 0.236 e. The zero-order valence-corrected chi connectivity index (χ0v) is 11.4. The summed E-state index contributed by atoms with van der Waals surface area (Å²) in [6.45, 7) is 5.09. The van der Waals surface area contributed by atoms with E-state index in [9.17, 15) is 4.79 Å². The van der Waals surface area contributed by atoms with Crippen LogP contribution in [0.2, 0.25) is 4.34 Å². The van der Waals surface area contributed by atoms with Crippen molar-refractivity contribution in [1.29, 1.82) is 0 Å². The van der Waals surface area contributed by atoms with Gasteiger partial charge in [-0.1, -0.05) is 11.6 Å². The molecule has 1 atom stereocenters. The van der Waals surface area contributed by atoms with Crippen molar-refractivity contribution in [3.63, 3.8) is 0 Å². The fraction of sp³-hybridized carbons (Fsp3) is 0.545. The molecule has 0 fully saturated rings. The van der Waals surface area contributed by atoms with E-state index >= 15 is 0 Å². The quantitative estimate of drug-likeness (QED) is 0.882. The molecule has 16 heavy (non-hydrogen) atoms. The molecule has 0 aliphatic heterocycles. The first-order valence-electron chi connectivity index (χ1n) is 5.27. The Labute approximate surface area is 105 Å². The minimum Gasteiger partial charge on any atom is -0.345 e. The van der Waals surface area contributed by atoms with E-state index in [1.165, 1.54) is 11.3 Å². The molecule has 1 amide bonds. The van der Waals surface area contributed by atoms with Gasteiger partial charge in [-0.3, -0.25) is 4.79 Å². The number of hydrogen-bond donors (Lipinski definition) is 1. The number of hydrogen-bond acceptors (Lipinski definition) is 3. The highest BCUT2D eigenvalue weighted by Crippen LogP contribution is 2.26.